The van der Waals surface area contributed by atoms with E-state index < -0.39 is 5.97 Å². The summed E-state index contributed by atoms with van der Waals surface area (Å²) in [5, 5.41) is 12.5. The molecule has 1 fully saturated rings. The lowest BCUT2D eigenvalue weighted by Crippen LogP contribution is -2.37. The molecule has 2 N–H and O–H groups in total. The topological polar surface area (TPSA) is 66.4 Å². The molecular formula is C15H27NO3S2. The summed E-state index contributed by atoms with van der Waals surface area (Å²) in [4.78, 5) is 22.7. The molecule has 1 rings (SSSR count). The van der Waals surface area contributed by atoms with Crippen LogP contribution in [0.5, 0.6) is 0 Å². The van der Waals surface area contributed by atoms with Crippen molar-refractivity contribution in [3.05, 3.63) is 0 Å². The summed E-state index contributed by atoms with van der Waals surface area (Å²) in [5.41, 5.74) is 0. The molecule has 0 aromatic heterocycles. The summed E-state index contributed by atoms with van der Waals surface area (Å²) < 4.78 is 0. The van der Waals surface area contributed by atoms with E-state index in [0.29, 0.717) is 18.8 Å². The van der Waals surface area contributed by atoms with Crippen LogP contribution in [0.3, 0.4) is 0 Å². The predicted molar refractivity (Wildman–Crippen MR) is 90.6 cm³/mol. The Morgan fingerprint density at radius 1 is 1.33 bits per heavy atom. The first-order valence-corrected chi connectivity index (χ1v) is 10.1. The lowest BCUT2D eigenvalue weighted by Gasteiger charge is -2.19. The molecule has 122 valence electrons. The molecule has 1 saturated heterocycles. The fourth-order valence-corrected chi connectivity index (χ4v) is 5.52. The summed E-state index contributed by atoms with van der Waals surface area (Å²) in [5.74, 6) is 0.778. The highest BCUT2D eigenvalue weighted by Crippen LogP contribution is 2.39. The molecule has 1 aliphatic rings. The maximum Gasteiger partial charge on any atom is 0.305 e. The monoisotopic (exact) mass is 333 g/mol. The van der Waals surface area contributed by atoms with Crippen LogP contribution in [0.15, 0.2) is 0 Å². The lowest BCUT2D eigenvalue weighted by atomic mass is 10.0. The fourth-order valence-electron chi connectivity index (χ4n) is 2.49. The van der Waals surface area contributed by atoms with Gasteiger partial charge in [-0.05, 0) is 31.6 Å². The van der Waals surface area contributed by atoms with Crippen molar-refractivity contribution in [2.24, 2.45) is 5.92 Å². The van der Waals surface area contributed by atoms with Crippen molar-refractivity contribution in [3.8, 4) is 0 Å². The molecule has 0 unspecified atom stereocenters. The zero-order valence-electron chi connectivity index (χ0n) is 13.0. The van der Waals surface area contributed by atoms with E-state index >= 15 is 0 Å². The standard InChI is InChI=1S/C15H27NO3S2/c1-11(2)9-12(10-15(18)19)16-14(17)6-4-3-5-13-7-8-20-21-13/h11-13H,3-10H2,1-2H3,(H,16,17)(H,18,19)/t12-,13+/m0/s1. The van der Waals surface area contributed by atoms with Gasteiger partial charge in [-0.1, -0.05) is 41.9 Å². The van der Waals surface area contributed by atoms with Crippen molar-refractivity contribution in [1.29, 1.82) is 0 Å². The first-order valence-electron chi connectivity index (χ1n) is 7.76. The minimum absolute atomic E-state index is 0.00431. The Kier molecular flexibility index (Phi) is 9.24. The largest absolute Gasteiger partial charge is 0.481 e. The summed E-state index contributed by atoms with van der Waals surface area (Å²) in [6, 6.07) is -0.239. The van der Waals surface area contributed by atoms with Crippen molar-refractivity contribution in [1.82, 2.24) is 5.32 Å². The average Bonchev–Trinajstić information content (AvgIpc) is 2.85. The molecule has 6 heteroatoms. The number of carboxylic acid groups (broad SMARTS) is 1. The Hall–Kier alpha value is -0.360. The quantitative estimate of drug-likeness (QED) is 0.471. The molecule has 0 spiro atoms. The van der Waals surface area contributed by atoms with Gasteiger partial charge in [0.2, 0.25) is 5.91 Å². The number of carbonyl (C=O) groups is 2. The number of unbranched alkanes of at least 4 members (excludes halogenated alkanes) is 1. The Labute approximate surface area is 135 Å². The Morgan fingerprint density at radius 2 is 2.10 bits per heavy atom. The predicted octanol–water partition coefficient (Wildman–Crippen LogP) is 3.71. The SMILES string of the molecule is CC(C)C[C@@H](CC(=O)O)NC(=O)CCCC[C@@H]1CCSS1. The fraction of sp³-hybridized carbons (Fsp3) is 0.867. The molecule has 21 heavy (non-hydrogen) atoms. The van der Waals surface area contributed by atoms with Gasteiger partial charge in [0.1, 0.15) is 0 Å². The van der Waals surface area contributed by atoms with Gasteiger partial charge in [0.15, 0.2) is 0 Å². The Bertz CT molecular complexity index is 331. The number of carbonyl (C=O) groups excluding carboxylic acids is 1. The average molecular weight is 334 g/mol. The van der Waals surface area contributed by atoms with Crippen LogP contribution in [0, 0.1) is 5.92 Å². The van der Waals surface area contributed by atoms with Crippen LogP contribution < -0.4 is 5.32 Å². The molecule has 0 aromatic rings. The van der Waals surface area contributed by atoms with E-state index in [0.717, 1.165) is 18.1 Å². The second kappa shape index (κ2) is 10.4. The number of rotatable bonds is 10. The molecule has 0 bridgehead atoms. The molecule has 2 atom stereocenters. The van der Waals surface area contributed by atoms with Gasteiger partial charge < -0.3 is 10.4 Å². The molecule has 4 nitrogen and oxygen atoms in total. The first-order chi connectivity index (χ1) is 9.97. The molecule has 0 aromatic carbocycles. The van der Waals surface area contributed by atoms with Gasteiger partial charge in [0, 0.05) is 23.5 Å². The van der Waals surface area contributed by atoms with Gasteiger partial charge in [0.25, 0.3) is 0 Å². The number of amides is 1. The molecule has 0 aliphatic carbocycles. The van der Waals surface area contributed by atoms with Crippen molar-refractivity contribution < 1.29 is 14.7 Å². The Morgan fingerprint density at radius 3 is 2.67 bits per heavy atom. The summed E-state index contributed by atoms with van der Waals surface area (Å²) in [6.45, 7) is 4.08. The van der Waals surface area contributed by atoms with Crippen molar-refractivity contribution in [2.45, 2.75) is 70.1 Å². The van der Waals surface area contributed by atoms with E-state index in [4.69, 9.17) is 5.11 Å². The smallest absolute Gasteiger partial charge is 0.305 e. The molecule has 1 aliphatic heterocycles. The van der Waals surface area contributed by atoms with Crippen LogP contribution >= 0.6 is 21.6 Å². The molecule has 1 heterocycles. The first kappa shape index (κ1) is 18.7. The summed E-state index contributed by atoms with van der Waals surface area (Å²) in [6.07, 6.45) is 5.70. The maximum absolute atomic E-state index is 11.9. The van der Waals surface area contributed by atoms with E-state index in [-0.39, 0.29) is 18.4 Å². The van der Waals surface area contributed by atoms with E-state index in [2.05, 4.69) is 5.32 Å². The number of carboxylic acids is 1. The van der Waals surface area contributed by atoms with Crippen LogP contribution in [-0.4, -0.2) is 34.0 Å². The van der Waals surface area contributed by atoms with Gasteiger partial charge in [-0.2, -0.15) is 0 Å². The van der Waals surface area contributed by atoms with Gasteiger partial charge in [-0.25, -0.2) is 0 Å². The maximum atomic E-state index is 11.9. The Balaban J connectivity index is 2.17. The number of hydrogen-bond acceptors (Lipinski definition) is 4. The second-order valence-electron chi connectivity index (χ2n) is 6.07. The second-order valence-corrected chi connectivity index (χ2v) is 8.85. The van der Waals surface area contributed by atoms with Crippen molar-refractivity contribution in [2.75, 3.05) is 5.75 Å². The highest BCUT2D eigenvalue weighted by molar-refractivity contribution is 8.77. The third-order valence-electron chi connectivity index (χ3n) is 3.45. The van der Waals surface area contributed by atoms with E-state index in [1.165, 1.54) is 18.6 Å². The third kappa shape index (κ3) is 9.30. The van der Waals surface area contributed by atoms with Crippen LogP contribution in [0.25, 0.3) is 0 Å². The summed E-state index contributed by atoms with van der Waals surface area (Å²) in [7, 11) is 3.92. The van der Waals surface area contributed by atoms with Crippen LogP contribution in [-0.2, 0) is 9.59 Å². The van der Waals surface area contributed by atoms with Gasteiger partial charge in [-0.3, -0.25) is 9.59 Å². The van der Waals surface area contributed by atoms with Crippen molar-refractivity contribution >= 4 is 33.5 Å². The molecular weight excluding hydrogens is 306 g/mol. The van der Waals surface area contributed by atoms with Crippen LogP contribution in [0.4, 0.5) is 0 Å². The van der Waals surface area contributed by atoms with Crippen LogP contribution in [0.2, 0.25) is 0 Å². The highest BCUT2D eigenvalue weighted by atomic mass is 33.1. The lowest BCUT2D eigenvalue weighted by molar-refractivity contribution is -0.137. The normalized spacial score (nSPS) is 19.7. The van der Waals surface area contributed by atoms with Crippen molar-refractivity contribution in [3.63, 3.8) is 0 Å². The van der Waals surface area contributed by atoms with E-state index in [1.807, 2.05) is 35.4 Å². The molecule has 1 amide bonds. The number of nitrogens with one attached hydrogen (secondary N) is 1. The van der Waals surface area contributed by atoms with E-state index in [9.17, 15) is 9.59 Å². The van der Waals surface area contributed by atoms with Gasteiger partial charge in [-0.15, -0.1) is 0 Å². The zero-order chi connectivity index (χ0) is 15.7. The molecule has 0 radical (unpaired) electrons. The summed E-state index contributed by atoms with van der Waals surface area (Å²) >= 11 is 0. The zero-order valence-corrected chi connectivity index (χ0v) is 14.6. The number of hydrogen-bond donors (Lipinski definition) is 2. The third-order valence-corrected chi connectivity index (χ3v) is 6.46. The van der Waals surface area contributed by atoms with Crippen LogP contribution in [0.1, 0.15) is 58.8 Å². The molecule has 0 saturated carbocycles. The highest BCUT2D eigenvalue weighted by Gasteiger charge is 2.18. The number of aliphatic carboxylic acids is 1. The van der Waals surface area contributed by atoms with Gasteiger partial charge >= 0.3 is 5.97 Å². The van der Waals surface area contributed by atoms with E-state index in [1.54, 1.807) is 0 Å². The minimum atomic E-state index is -0.850. The van der Waals surface area contributed by atoms with Gasteiger partial charge in [0.05, 0.1) is 6.42 Å². The minimum Gasteiger partial charge on any atom is -0.481 e.